The number of rotatable bonds is 3. The summed E-state index contributed by atoms with van der Waals surface area (Å²) in [6, 6.07) is 0. The molecule has 0 radical (unpaired) electrons. The molecule has 0 spiro atoms. The summed E-state index contributed by atoms with van der Waals surface area (Å²) in [5.41, 5.74) is 2.59. The van der Waals surface area contributed by atoms with Crippen molar-refractivity contribution < 1.29 is 9.59 Å². The zero-order chi connectivity index (χ0) is 12.6. The van der Waals surface area contributed by atoms with E-state index < -0.39 is 0 Å². The van der Waals surface area contributed by atoms with Crippen LogP contribution >= 0.6 is 0 Å². The Morgan fingerprint density at radius 2 is 1.53 bits per heavy atom. The van der Waals surface area contributed by atoms with Crippen molar-refractivity contribution >= 4 is 11.8 Å². The van der Waals surface area contributed by atoms with Crippen LogP contribution in [0.5, 0.6) is 0 Å². The Balaban J connectivity index is 2.16. The number of allylic oxidation sites excluding steroid dienone is 2. The van der Waals surface area contributed by atoms with Crippen molar-refractivity contribution in [1.29, 1.82) is 0 Å². The molecule has 2 rings (SSSR count). The topological polar surface area (TPSA) is 37.4 Å². The van der Waals surface area contributed by atoms with Gasteiger partial charge in [0.05, 0.1) is 11.8 Å². The first-order valence-corrected chi connectivity index (χ1v) is 6.56. The average molecular weight is 235 g/mol. The van der Waals surface area contributed by atoms with Gasteiger partial charge in [0.1, 0.15) is 0 Å². The van der Waals surface area contributed by atoms with Crippen molar-refractivity contribution in [2.24, 2.45) is 11.8 Å². The minimum atomic E-state index is -0.0666. The van der Waals surface area contributed by atoms with Gasteiger partial charge >= 0.3 is 0 Å². The summed E-state index contributed by atoms with van der Waals surface area (Å²) in [6.45, 7) is 6.85. The third-order valence-corrected chi connectivity index (χ3v) is 4.17. The Kier molecular flexibility index (Phi) is 3.36. The number of carbonyl (C=O) groups excluding carboxylic acids is 2. The monoisotopic (exact) mass is 235 g/mol. The molecule has 0 aromatic heterocycles. The number of amides is 2. The van der Waals surface area contributed by atoms with Crippen LogP contribution in [-0.4, -0.2) is 23.3 Å². The van der Waals surface area contributed by atoms with Crippen molar-refractivity contribution in [3.05, 3.63) is 11.1 Å². The van der Waals surface area contributed by atoms with E-state index in [0.717, 1.165) is 25.7 Å². The largest absolute Gasteiger partial charge is 0.282 e. The summed E-state index contributed by atoms with van der Waals surface area (Å²) in [4.78, 5) is 25.9. The predicted molar refractivity (Wildman–Crippen MR) is 66.2 cm³/mol. The smallest absolute Gasteiger partial charge is 0.233 e. The molecule has 3 nitrogen and oxygen atoms in total. The Hall–Kier alpha value is -1.12. The van der Waals surface area contributed by atoms with Crippen molar-refractivity contribution in [1.82, 2.24) is 4.90 Å². The lowest BCUT2D eigenvalue weighted by Crippen LogP contribution is -2.32. The van der Waals surface area contributed by atoms with Crippen LogP contribution in [0.4, 0.5) is 0 Å². The van der Waals surface area contributed by atoms with E-state index in [1.165, 1.54) is 16.0 Å². The number of hydrogen-bond acceptors (Lipinski definition) is 2. The lowest BCUT2D eigenvalue weighted by Gasteiger charge is -2.23. The van der Waals surface area contributed by atoms with Gasteiger partial charge in [0.15, 0.2) is 0 Å². The molecule has 1 aliphatic heterocycles. The van der Waals surface area contributed by atoms with E-state index in [0.29, 0.717) is 6.54 Å². The van der Waals surface area contributed by atoms with Gasteiger partial charge in [0.25, 0.3) is 0 Å². The Morgan fingerprint density at radius 1 is 1.06 bits per heavy atom. The molecule has 0 aromatic carbocycles. The molecule has 1 aliphatic carbocycles. The van der Waals surface area contributed by atoms with Crippen molar-refractivity contribution in [3.8, 4) is 0 Å². The van der Waals surface area contributed by atoms with Gasteiger partial charge in [0.2, 0.25) is 11.8 Å². The van der Waals surface area contributed by atoms with Crippen LogP contribution in [-0.2, 0) is 9.59 Å². The molecule has 0 aromatic rings. The van der Waals surface area contributed by atoms with E-state index in [1.807, 2.05) is 0 Å². The lowest BCUT2D eigenvalue weighted by atomic mass is 9.78. The van der Waals surface area contributed by atoms with E-state index in [-0.39, 0.29) is 23.7 Å². The number of likely N-dealkylation sites (tertiary alicyclic amines) is 1. The molecule has 2 atom stereocenters. The fourth-order valence-electron chi connectivity index (χ4n) is 2.86. The molecule has 94 valence electrons. The van der Waals surface area contributed by atoms with Gasteiger partial charge in [-0.3, -0.25) is 14.5 Å². The van der Waals surface area contributed by atoms with Gasteiger partial charge in [-0.1, -0.05) is 24.5 Å². The van der Waals surface area contributed by atoms with Crippen LogP contribution in [0.25, 0.3) is 0 Å². The summed E-state index contributed by atoms with van der Waals surface area (Å²) < 4.78 is 0. The molecule has 0 N–H and O–H groups in total. The summed E-state index contributed by atoms with van der Waals surface area (Å²) >= 11 is 0. The Morgan fingerprint density at radius 3 is 1.94 bits per heavy atom. The second-order valence-electron chi connectivity index (χ2n) is 5.36. The minimum Gasteiger partial charge on any atom is -0.282 e. The summed E-state index contributed by atoms with van der Waals surface area (Å²) in [6.07, 6.45) is 3.50. The van der Waals surface area contributed by atoms with E-state index in [4.69, 9.17) is 0 Å². The maximum atomic E-state index is 12.2. The summed E-state index contributed by atoms with van der Waals surface area (Å²) in [5.74, 6) is 0.00622. The molecule has 2 amide bonds. The Labute approximate surface area is 103 Å². The number of hydrogen-bond donors (Lipinski definition) is 0. The van der Waals surface area contributed by atoms with Gasteiger partial charge in [-0.25, -0.2) is 0 Å². The number of carbonyl (C=O) groups is 2. The SMILES string of the molecule is CCCCN1C(=O)[C@H]2CC(C)=C(C)C[C@H]2C1=O. The average Bonchev–Trinajstić information content (AvgIpc) is 2.51. The van der Waals surface area contributed by atoms with Gasteiger partial charge in [-0.05, 0) is 33.1 Å². The van der Waals surface area contributed by atoms with E-state index in [1.54, 1.807) is 0 Å². The zero-order valence-corrected chi connectivity index (χ0v) is 11.0. The van der Waals surface area contributed by atoms with Crippen molar-refractivity contribution in [2.75, 3.05) is 6.54 Å². The fourth-order valence-corrected chi connectivity index (χ4v) is 2.86. The van der Waals surface area contributed by atoms with Crippen LogP contribution in [0.15, 0.2) is 11.1 Å². The molecule has 0 unspecified atom stereocenters. The first kappa shape index (κ1) is 12.3. The maximum absolute atomic E-state index is 12.2. The number of unbranched alkanes of at least 4 members (excludes halogenated alkanes) is 1. The molecule has 0 saturated carbocycles. The maximum Gasteiger partial charge on any atom is 0.233 e. The molecular weight excluding hydrogens is 214 g/mol. The highest BCUT2D eigenvalue weighted by Gasteiger charge is 2.48. The second-order valence-corrected chi connectivity index (χ2v) is 5.36. The second kappa shape index (κ2) is 4.63. The van der Waals surface area contributed by atoms with Crippen LogP contribution in [0.1, 0.15) is 46.5 Å². The normalized spacial score (nSPS) is 29.0. The quantitative estimate of drug-likeness (QED) is 0.557. The van der Waals surface area contributed by atoms with Gasteiger partial charge < -0.3 is 0 Å². The summed E-state index contributed by atoms with van der Waals surface area (Å²) in [5, 5.41) is 0. The molecule has 3 heteroatoms. The molecule has 1 saturated heterocycles. The highest BCUT2D eigenvalue weighted by Crippen LogP contribution is 2.40. The summed E-state index contributed by atoms with van der Waals surface area (Å²) in [7, 11) is 0. The van der Waals surface area contributed by atoms with Crippen LogP contribution in [0.3, 0.4) is 0 Å². The standard InChI is InChI=1S/C14H21NO2/c1-4-5-6-15-13(16)11-7-9(2)10(3)8-12(11)14(15)17/h11-12H,4-8H2,1-3H3/t11-,12+. The lowest BCUT2D eigenvalue weighted by molar-refractivity contribution is -0.139. The highest BCUT2D eigenvalue weighted by atomic mass is 16.2. The van der Waals surface area contributed by atoms with Gasteiger partial charge in [-0.2, -0.15) is 0 Å². The van der Waals surface area contributed by atoms with E-state index >= 15 is 0 Å². The highest BCUT2D eigenvalue weighted by molar-refractivity contribution is 6.05. The minimum absolute atomic E-state index is 0.0666. The molecular formula is C14H21NO2. The van der Waals surface area contributed by atoms with Crippen molar-refractivity contribution in [3.63, 3.8) is 0 Å². The molecule has 1 heterocycles. The number of imide groups is 1. The number of fused-ring (bicyclic) bond motifs is 1. The third-order valence-electron chi connectivity index (χ3n) is 4.17. The molecule has 1 fully saturated rings. The van der Waals surface area contributed by atoms with Gasteiger partial charge in [-0.15, -0.1) is 0 Å². The Bertz CT molecular complexity index is 352. The van der Waals surface area contributed by atoms with Crippen LogP contribution in [0.2, 0.25) is 0 Å². The van der Waals surface area contributed by atoms with Crippen molar-refractivity contribution in [2.45, 2.75) is 46.5 Å². The van der Waals surface area contributed by atoms with E-state index in [9.17, 15) is 9.59 Å². The molecule has 2 aliphatic rings. The molecule has 17 heavy (non-hydrogen) atoms. The number of nitrogens with zero attached hydrogens (tertiary/aromatic N) is 1. The zero-order valence-electron chi connectivity index (χ0n) is 11.0. The predicted octanol–water partition coefficient (Wildman–Crippen LogP) is 2.52. The van der Waals surface area contributed by atoms with Crippen LogP contribution in [0, 0.1) is 11.8 Å². The van der Waals surface area contributed by atoms with E-state index in [2.05, 4.69) is 20.8 Å². The third kappa shape index (κ3) is 2.03. The fraction of sp³-hybridized carbons (Fsp3) is 0.714. The molecule has 0 bridgehead atoms. The van der Waals surface area contributed by atoms with Crippen LogP contribution < -0.4 is 0 Å². The van der Waals surface area contributed by atoms with Gasteiger partial charge in [0, 0.05) is 6.54 Å². The first-order chi connectivity index (χ1) is 8.06. The first-order valence-electron chi connectivity index (χ1n) is 6.56.